The predicted molar refractivity (Wildman–Crippen MR) is 103 cm³/mol. The summed E-state index contributed by atoms with van der Waals surface area (Å²) in [5, 5.41) is 9.26. The fourth-order valence-electron chi connectivity index (χ4n) is 2.50. The Balaban J connectivity index is 1.59. The van der Waals surface area contributed by atoms with Crippen molar-refractivity contribution in [3.63, 3.8) is 0 Å². The Morgan fingerprint density at radius 1 is 1.24 bits per heavy atom. The average Bonchev–Trinajstić information content (AvgIpc) is 3.42. The van der Waals surface area contributed by atoms with Crippen LogP contribution in [0.3, 0.4) is 0 Å². The van der Waals surface area contributed by atoms with Crippen molar-refractivity contribution in [1.29, 1.82) is 0 Å². The molecule has 0 bridgehead atoms. The number of nitrogens with two attached hydrogens (primary N) is 1. The Bertz CT molecular complexity index is 750. The normalized spacial score (nSPS) is 13.7. The first-order chi connectivity index (χ1) is 12.2. The number of carbonyl (C=O) groups is 1. The van der Waals surface area contributed by atoms with Gasteiger partial charge in [0.1, 0.15) is 0 Å². The van der Waals surface area contributed by atoms with E-state index in [1.165, 1.54) is 24.8 Å². The fourth-order valence-corrected chi connectivity index (χ4v) is 3.18. The summed E-state index contributed by atoms with van der Waals surface area (Å²) in [5.41, 5.74) is 2.56. The predicted octanol–water partition coefficient (Wildman–Crippen LogP) is 4.41. The lowest BCUT2D eigenvalue weighted by atomic mass is 10.1. The van der Waals surface area contributed by atoms with Crippen molar-refractivity contribution in [1.82, 2.24) is 0 Å². The minimum absolute atomic E-state index is 0.112. The fraction of sp³-hybridized carbons (Fsp3) is 0.316. The molecule has 0 atom stereocenters. The van der Waals surface area contributed by atoms with Gasteiger partial charge in [-0.1, -0.05) is 35.9 Å². The molecule has 0 aliphatic heterocycles. The number of anilines is 1. The molecule has 2 aromatic carbocycles. The molecule has 1 saturated carbocycles. The van der Waals surface area contributed by atoms with Crippen LogP contribution in [0.15, 0.2) is 47.4 Å². The first kappa shape index (κ1) is 18.3. The van der Waals surface area contributed by atoms with Gasteiger partial charge in [-0.15, -0.1) is 0 Å². The SMILES string of the molecule is NSc1cc(NC(=O)Cc2ccccc2Cl)ccc1COCC1CC1. The molecule has 0 saturated heterocycles. The Morgan fingerprint density at radius 3 is 2.76 bits per heavy atom. The number of nitrogens with one attached hydrogen (secondary N) is 1. The van der Waals surface area contributed by atoms with Crippen molar-refractivity contribution < 1.29 is 9.53 Å². The number of benzene rings is 2. The molecule has 1 aliphatic carbocycles. The van der Waals surface area contributed by atoms with Crippen LogP contribution < -0.4 is 10.5 Å². The van der Waals surface area contributed by atoms with E-state index in [0.29, 0.717) is 11.6 Å². The van der Waals surface area contributed by atoms with Gasteiger partial charge in [0, 0.05) is 22.2 Å². The van der Waals surface area contributed by atoms with Crippen LogP contribution in [-0.4, -0.2) is 12.5 Å². The Morgan fingerprint density at radius 2 is 2.04 bits per heavy atom. The zero-order valence-electron chi connectivity index (χ0n) is 13.8. The van der Waals surface area contributed by atoms with Gasteiger partial charge < -0.3 is 10.1 Å². The lowest BCUT2D eigenvalue weighted by Crippen LogP contribution is -2.15. The second kappa shape index (κ2) is 8.72. The number of hydrogen-bond acceptors (Lipinski definition) is 4. The number of rotatable bonds is 8. The largest absolute Gasteiger partial charge is 0.376 e. The van der Waals surface area contributed by atoms with Gasteiger partial charge in [-0.3, -0.25) is 9.93 Å². The van der Waals surface area contributed by atoms with Crippen molar-refractivity contribution in [2.75, 3.05) is 11.9 Å². The van der Waals surface area contributed by atoms with E-state index in [-0.39, 0.29) is 12.3 Å². The molecule has 6 heteroatoms. The highest BCUT2D eigenvalue weighted by molar-refractivity contribution is 7.97. The van der Waals surface area contributed by atoms with Crippen LogP contribution in [0.4, 0.5) is 5.69 Å². The molecule has 1 aliphatic rings. The summed E-state index contributed by atoms with van der Waals surface area (Å²) in [7, 11) is 0. The molecular formula is C19H21ClN2O2S. The molecule has 0 radical (unpaired) electrons. The average molecular weight is 377 g/mol. The second-order valence-electron chi connectivity index (χ2n) is 6.22. The summed E-state index contributed by atoms with van der Waals surface area (Å²) in [6.07, 6.45) is 2.78. The van der Waals surface area contributed by atoms with Gasteiger partial charge in [-0.05, 0) is 60.0 Å². The number of ether oxygens (including phenoxy) is 1. The second-order valence-corrected chi connectivity index (χ2v) is 7.30. The minimum Gasteiger partial charge on any atom is -0.376 e. The number of hydrogen-bond donors (Lipinski definition) is 2. The molecule has 4 nitrogen and oxygen atoms in total. The van der Waals surface area contributed by atoms with Crippen LogP contribution in [0.2, 0.25) is 5.02 Å². The van der Waals surface area contributed by atoms with Gasteiger partial charge in [-0.25, -0.2) is 0 Å². The first-order valence-corrected chi connectivity index (χ1v) is 9.52. The third-order valence-corrected chi connectivity index (χ3v) is 5.10. The monoisotopic (exact) mass is 376 g/mol. The standard InChI is InChI=1S/C19H21ClN2O2S/c20-17-4-2-1-3-14(17)9-19(23)22-16-8-7-15(18(10-16)25-21)12-24-11-13-5-6-13/h1-4,7-8,10,13H,5-6,9,11-12,21H2,(H,22,23). The van der Waals surface area contributed by atoms with Gasteiger partial charge in [0.05, 0.1) is 13.0 Å². The maximum Gasteiger partial charge on any atom is 0.228 e. The van der Waals surface area contributed by atoms with Gasteiger partial charge in [0.15, 0.2) is 0 Å². The molecule has 1 amide bonds. The number of carbonyl (C=O) groups excluding carboxylic acids is 1. The molecule has 25 heavy (non-hydrogen) atoms. The van der Waals surface area contributed by atoms with E-state index in [4.69, 9.17) is 21.5 Å². The molecular weight excluding hydrogens is 356 g/mol. The number of halogens is 1. The zero-order valence-corrected chi connectivity index (χ0v) is 15.4. The van der Waals surface area contributed by atoms with E-state index in [1.807, 2.05) is 36.4 Å². The Kier molecular flexibility index (Phi) is 6.37. The number of amides is 1. The zero-order chi connectivity index (χ0) is 17.6. The maximum atomic E-state index is 12.2. The molecule has 0 unspecified atom stereocenters. The van der Waals surface area contributed by atoms with Gasteiger partial charge in [0.25, 0.3) is 0 Å². The van der Waals surface area contributed by atoms with Gasteiger partial charge in [-0.2, -0.15) is 0 Å². The third-order valence-electron chi connectivity index (χ3n) is 4.09. The van der Waals surface area contributed by atoms with Gasteiger partial charge >= 0.3 is 0 Å². The molecule has 1 fully saturated rings. The molecule has 132 valence electrons. The van der Waals surface area contributed by atoms with Crippen LogP contribution in [-0.2, 0) is 22.6 Å². The van der Waals surface area contributed by atoms with Crippen molar-refractivity contribution in [2.45, 2.75) is 30.8 Å². The van der Waals surface area contributed by atoms with Crippen LogP contribution >= 0.6 is 23.5 Å². The first-order valence-electron chi connectivity index (χ1n) is 8.26. The molecule has 2 aromatic rings. The molecule has 3 rings (SSSR count). The van der Waals surface area contributed by atoms with E-state index < -0.39 is 0 Å². The third kappa shape index (κ3) is 5.47. The summed E-state index contributed by atoms with van der Waals surface area (Å²) in [6.45, 7) is 1.36. The lowest BCUT2D eigenvalue weighted by molar-refractivity contribution is -0.115. The van der Waals surface area contributed by atoms with Crippen LogP contribution in [0, 0.1) is 5.92 Å². The molecule has 0 aromatic heterocycles. The van der Waals surface area contributed by atoms with Crippen molar-refractivity contribution in [2.24, 2.45) is 11.1 Å². The summed E-state index contributed by atoms with van der Waals surface area (Å²) >= 11 is 7.27. The van der Waals surface area contributed by atoms with Crippen LogP contribution in [0.25, 0.3) is 0 Å². The molecule has 0 heterocycles. The summed E-state index contributed by atoms with van der Waals surface area (Å²) in [4.78, 5) is 13.1. The van der Waals surface area contributed by atoms with Crippen molar-refractivity contribution >= 4 is 35.1 Å². The van der Waals surface area contributed by atoms with Crippen molar-refractivity contribution in [3.8, 4) is 0 Å². The highest BCUT2D eigenvalue weighted by atomic mass is 35.5. The van der Waals surface area contributed by atoms with E-state index in [0.717, 1.165) is 34.2 Å². The van der Waals surface area contributed by atoms with Crippen LogP contribution in [0.5, 0.6) is 0 Å². The summed E-state index contributed by atoms with van der Waals surface area (Å²) in [5.74, 6) is 0.621. The topological polar surface area (TPSA) is 64.3 Å². The van der Waals surface area contributed by atoms with Crippen LogP contribution in [0.1, 0.15) is 24.0 Å². The summed E-state index contributed by atoms with van der Waals surface area (Å²) < 4.78 is 5.73. The summed E-state index contributed by atoms with van der Waals surface area (Å²) in [6, 6.07) is 13.1. The lowest BCUT2D eigenvalue weighted by Gasteiger charge is -2.11. The minimum atomic E-state index is -0.112. The maximum absolute atomic E-state index is 12.2. The smallest absolute Gasteiger partial charge is 0.228 e. The molecule has 3 N–H and O–H groups in total. The van der Waals surface area contributed by atoms with E-state index in [2.05, 4.69) is 5.32 Å². The van der Waals surface area contributed by atoms with Gasteiger partial charge in [0.2, 0.25) is 5.91 Å². The van der Waals surface area contributed by atoms with E-state index >= 15 is 0 Å². The Hall–Kier alpha value is -1.53. The highest BCUT2D eigenvalue weighted by Crippen LogP contribution is 2.30. The molecule has 0 spiro atoms. The van der Waals surface area contributed by atoms with E-state index in [9.17, 15) is 4.79 Å². The highest BCUT2D eigenvalue weighted by Gasteiger charge is 2.21. The van der Waals surface area contributed by atoms with Crippen molar-refractivity contribution in [3.05, 3.63) is 58.6 Å². The van der Waals surface area contributed by atoms with E-state index in [1.54, 1.807) is 6.07 Å². The quantitative estimate of drug-likeness (QED) is 0.669. The Labute approximate surface area is 157 Å².